The van der Waals surface area contributed by atoms with Crippen molar-refractivity contribution in [3.8, 4) is 0 Å². The van der Waals surface area contributed by atoms with Gasteiger partial charge in [0.2, 0.25) is 0 Å². The number of fused-ring (bicyclic) bond motifs is 2. The van der Waals surface area contributed by atoms with E-state index in [1.165, 1.54) is 24.9 Å². The summed E-state index contributed by atoms with van der Waals surface area (Å²) in [6.45, 7) is 4.81. The van der Waals surface area contributed by atoms with Gasteiger partial charge in [-0.1, -0.05) is 50.6 Å². The zero-order chi connectivity index (χ0) is 9.97. The molecule has 2 rings (SSSR count). The van der Waals surface area contributed by atoms with Gasteiger partial charge < -0.3 is 0 Å². The summed E-state index contributed by atoms with van der Waals surface area (Å²) in [5.74, 6) is 3.05. The van der Waals surface area contributed by atoms with E-state index in [9.17, 15) is 0 Å². The Morgan fingerprint density at radius 3 is 2.43 bits per heavy atom. The summed E-state index contributed by atoms with van der Waals surface area (Å²) in [5, 5.41) is 0. The quantitative estimate of drug-likeness (QED) is 0.475. The summed E-state index contributed by atoms with van der Waals surface area (Å²) in [5.41, 5.74) is 0. The molecule has 0 radical (unpaired) electrons. The van der Waals surface area contributed by atoms with Crippen LogP contribution >= 0.6 is 0 Å². The van der Waals surface area contributed by atoms with Crippen molar-refractivity contribution in [2.75, 3.05) is 0 Å². The first kappa shape index (κ1) is 10.5. The second kappa shape index (κ2) is 4.65. The summed E-state index contributed by atoms with van der Waals surface area (Å²) >= 11 is 0. The Morgan fingerprint density at radius 1 is 1.14 bits per heavy atom. The number of hydrogen-bond donors (Lipinski definition) is 0. The van der Waals surface area contributed by atoms with Gasteiger partial charge in [-0.25, -0.2) is 0 Å². The van der Waals surface area contributed by atoms with E-state index in [0.29, 0.717) is 0 Å². The van der Waals surface area contributed by atoms with Gasteiger partial charge >= 0.3 is 0 Å². The van der Waals surface area contributed by atoms with E-state index in [4.69, 9.17) is 0 Å². The zero-order valence-corrected chi connectivity index (χ0v) is 10.9. The van der Waals surface area contributed by atoms with Crippen LogP contribution < -0.4 is 0 Å². The standard InChI is InChI=1S/C13H24Si/c1-3-14(4-2)8-7-13-10-11-5-6-12(13)9-11/h5-6,11-14H,3-4,7-10H2,1-2H3. The Kier molecular flexibility index (Phi) is 3.48. The van der Waals surface area contributed by atoms with Crippen LogP contribution in [-0.4, -0.2) is 8.80 Å². The normalized spacial score (nSPS) is 34.6. The lowest BCUT2D eigenvalue weighted by Gasteiger charge is -2.20. The Bertz CT molecular complexity index is 205. The van der Waals surface area contributed by atoms with E-state index in [1.54, 1.807) is 12.5 Å². The van der Waals surface area contributed by atoms with E-state index in [1.807, 2.05) is 0 Å². The van der Waals surface area contributed by atoms with Crippen LogP contribution in [0, 0.1) is 17.8 Å². The molecule has 0 heterocycles. The average Bonchev–Trinajstić information content (AvgIpc) is 2.80. The minimum atomic E-state index is -0.296. The molecule has 14 heavy (non-hydrogen) atoms. The Balaban J connectivity index is 1.74. The molecule has 2 bridgehead atoms. The fourth-order valence-electron chi connectivity index (χ4n) is 3.37. The minimum Gasteiger partial charge on any atom is -0.0851 e. The molecule has 0 N–H and O–H groups in total. The van der Waals surface area contributed by atoms with Gasteiger partial charge in [-0.15, -0.1) is 0 Å². The van der Waals surface area contributed by atoms with Crippen molar-refractivity contribution in [3.63, 3.8) is 0 Å². The van der Waals surface area contributed by atoms with Crippen LogP contribution in [0.1, 0.15) is 33.1 Å². The van der Waals surface area contributed by atoms with Crippen molar-refractivity contribution in [2.24, 2.45) is 17.8 Å². The lowest BCUT2D eigenvalue weighted by atomic mass is 9.91. The smallest absolute Gasteiger partial charge is 0.0362 e. The molecule has 0 amide bonds. The van der Waals surface area contributed by atoms with Crippen molar-refractivity contribution >= 4 is 8.80 Å². The van der Waals surface area contributed by atoms with Gasteiger partial charge in [0.1, 0.15) is 0 Å². The molecule has 0 aromatic rings. The largest absolute Gasteiger partial charge is 0.0851 e. The Labute approximate surface area is 90.4 Å². The molecule has 0 aromatic carbocycles. The van der Waals surface area contributed by atoms with E-state index in [-0.39, 0.29) is 8.80 Å². The van der Waals surface area contributed by atoms with Crippen LogP contribution in [0.5, 0.6) is 0 Å². The second-order valence-electron chi connectivity index (χ2n) is 5.30. The summed E-state index contributed by atoms with van der Waals surface area (Å²) in [6, 6.07) is 4.66. The van der Waals surface area contributed by atoms with Crippen LogP contribution in [-0.2, 0) is 0 Å². The molecule has 1 fully saturated rings. The van der Waals surface area contributed by atoms with Gasteiger partial charge in [-0.3, -0.25) is 0 Å². The van der Waals surface area contributed by atoms with Gasteiger partial charge in [-0.05, 0) is 30.6 Å². The Morgan fingerprint density at radius 2 is 1.93 bits per heavy atom. The molecule has 0 spiro atoms. The van der Waals surface area contributed by atoms with E-state index in [0.717, 1.165) is 17.8 Å². The first-order valence-corrected chi connectivity index (χ1v) is 8.96. The first-order chi connectivity index (χ1) is 6.83. The molecule has 1 heteroatoms. The van der Waals surface area contributed by atoms with Crippen molar-refractivity contribution < 1.29 is 0 Å². The van der Waals surface area contributed by atoms with E-state index in [2.05, 4.69) is 26.0 Å². The molecule has 3 atom stereocenters. The van der Waals surface area contributed by atoms with Gasteiger partial charge in [-0.2, -0.15) is 0 Å². The highest BCUT2D eigenvalue weighted by Gasteiger charge is 2.35. The summed E-state index contributed by atoms with van der Waals surface area (Å²) in [6.07, 6.45) is 9.55. The minimum absolute atomic E-state index is 0.296. The number of rotatable bonds is 5. The SMILES string of the molecule is CC[SiH](CC)CCC1CC2C=CC1C2. The molecule has 0 aliphatic heterocycles. The highest BCUT2D eigenvalue weighted by molar-refractivity contribution is 6.58. The third-order valence-corrected chi connectivity index (χ3v) is 7.98. The fraction of sp³-hybridized carbons (Fsp3) is 0.846. The summed E-state index contributed by atoms with van der Waals surface area (Å²) in [7, 11) is -0.296. The van der Waals surface area contributed by atoms with Gasteiger partial charge in [0.15, 0.2) is 0 Å². The molecule has 2 aliphatic rings. The van der Waals surface area contributed by atoms with Crippen LogP contribution in [0.2, 0.25) is 18.1 Å². The maximum absolute atomic E-state index is 2.51. The third-order valence-electron chi connectivity index (χ3n) is 4.52. The maximum atomic E-state index is 2.51. The molecular formula is C13H24Si. The monoisotopic (exact) mass is 208 g/mol. The first-order valence-electron chi connectivity index (χ1n) is 6.51. The van der Waals surface area contributed by atoms with Crippen molar-refractivity contribution in [1.29, 1.82) is 0 Å². The molecule has 3 unspecified atom stereocenters. The van der Waals surface area contributed by atoms with E-state index >= 15 is 0 Å². The topological polar surface area (TPSA) is 0 Å². The maximum Gasteiger partial charge on any atom is 0.0362 e. The summed E-state index contributed by atoms with van der Waals surface area (Å²) in [4.78, 5) is 0. The van der Waals surface area contributed by atoms with Crippen molar-refractivity contribution in [2.45, 2.75) is 51.2 Å². The van der Waals surface area contributed by atoms with Crippen LogP contribution in [0.4, 0.5) is 0 Å². The summed E-state index contributed by atoms with van der Waals surface area (Å²) < 4.78 is 0. The van der Waals surface area contributed by atoms with Crippen LogP contribution in [0.25, 0.3) is 0 Å². The predicted octanol–water partition coefficient (Wildman–Crippen LogP) is 3.86. The van der Waals surface area contributed by atoms with Crippen molar-refractivity contribution in [1.82, 2.24) is 0 Å². The molecular weight excluding hydrogens is 184 g/mol. The van der Waals surface area contributed by atoms with Gasteiger partial charge in [0, 0.05) is 8.80 Å². The van der Waals surface area contributed by atoms with Crippen molar-refractivity contribution in [3.05, 3.63) is 12.2 Å². The lowest BCUT2D eigenvalue weighted by Crippen LogP contribution is -2.14. The molecule has 0 saturated heterocycles. The van der Waals surface area contributed by atoms with Gasteiger partial charge in [0.05, 0.1) is 0 Å². The third kappa shape index (κ3) is 2.13. The van der Waals surface area contributed by atoms with E-state index < -0.39 is 0 Å². The fourth-order valence-corrected chi connectivity index (χ4v) is 5.67. The molecule has 1 saturated carbocycles. The molecule has 2 aliphatic carbocycles. The average molecular weight is 208 g/mol. The Hall–Kier alpha value is -0.0431. The highest BCUT2D eigenvalue weighted by Crippen LogP contribution is 2.45. The number of allylic oxidation sites excluding steroid dienone is 2. The molecule has 0 aromatic heterocycles. The number of hydrogen-bond acceptors (Lipinski definition) is 0. The predicted molar refractivity (Wildman–Crippen MR) is 66.4 cm³/mol. The van der Waals surface area contributed by atoms with Crippen LogP contribution in [0.3, 0.4) is 0 Å². The highest BCUT2D eigenvalue weighted by atomic mass is 28.3. The van der Waals surface area contributed by atoms with Gasteiger partial charge in [0.25, 0.3) is 0 Å². The lowest BCUT2D eigenvalue weighted by molar-refractivity contribution is 0.432. The van der Waals surface area contributed by atoms with Crippen LogP contribution in [0.15, 0.2) is 12.2 Å². The zero-order valence-electron chi connectivity index (χ0n) is 9.71. The molecule has 80 valence electrons. The second-order valence-corrected chi connectivity index (χ2v) is 9.24. The molecule has 0 nitrogen and oxygen atoms in total.